The van der Waals surface area contributed by atoms with E-state index >= 15 is 0 Å². The second-order valence-corrected chi connectivity index (χ2v) is 5.50. The Labute approximate surface area is 119 Å². The van der Waals surface area contributed by atoms with Crippen LogP contribution in [0.1, 0.15) is 24.8 Å². The molecule has 2 heterocycles. The van der Waals surface area contributed by atoms with E-state index in [0.29, 0.717) is 11.4 Å². The van der Waals surface area contributed by atoms with E-state index in [4.69, 9.17) is 0 Å². The van der Waals surface area contributed by atoms with Crippen molar-refractivity contribution >= 4 is 17.3 Å². The minimum Gasteiger partial charge on any atom is -0.323 e. The molecule has 1 fully saturated rings. The summed E-state index contributed by atoms with van der Waals surface area (Å²) in [5.41, 5.74) is 1.44. The van der Waals surface area contributed by atoms with Crippen LogP contribution in [0.15, 0.2) is 30.9 Å². The van der Waals surface area contributed by atoms with Gasteiger partial charge in [0.15, 0.2) is 0 Å². The highest BCUT2D eigenvalue weighted by Gasteiger charge is 2.52. The van der Waals surface area contributed by atoms with Crippen LogP contribution in [-0.4, -0.2) is 20.4 Å². The van der Waals surface area contributed by atoms with Gasteiger partial charge in [-0.25, -0.2) is 4.98 Å². The van der Waals surface area contributed by atoms with Crippen LogP contribution in [0.3, 0.4) is 0 Å². The molecule has 106 valence electrons. The Morgan fingerprint density at radius 2 is 2.19 bits per heavy atom. The number of nitro benzene ring substituents is 1. The summed E-state index contributed by atoms with van der Waals surface area (Å²) in [5.74, 6) is -0.0504. The molecular formula is C14H12N4O3. The Hall–Kier alpha value is -2.70. The Bertz CT molecular complexity index is 763. The number of hydrogen-bond donors (Lipinski definition) is 1. The van der Waals surface area contributed by atoms with Gasteiger partial charge in [-0.3, -0.25) is 14.9 Å². The number of amides is 1. The summed E-state index contributed by atoms with van der Waals surface area (Å²) in [6.45, 7) is 0. The standard InChI is InChI=1S/C14H12N4O3/c19-13-14(2-1-3-14)10-6-9(18(20)21)7-11(12(10)16-13)17-5-4-15-8-17/h4-8H,1-3H2,(H,16,19). The fourth-order valence-corrected chi connectivity index (χ4v) is 3.21. The van der Waals surface area contributed by atoms with Gasteiger partial charge in [0.2, 0.25) is 5.91 Å². The lowest BCUT2D eigenvalue weighted by Crippen LogP contribution is -2.40. The number of nitro groups is 1. The summed E-state index contributed by atoms with van der Waals surface area (Å²) >= 11 is 0. The molecule has 1 aliphatic carbocycles. The lowest BCUT2D eigenvalue weighted by Gasteiger charge is -2.35. The molecule has 4 rings (SSSR count). The first-order valence-corrected chi connectivity index (χ1v) is 6.74. The van der Waals surface area contributed by atoms with Gasteiger partial charge in [0, 0.05) is 30.1 Å². The van der Waals surface area contributed by atoms with E-state index in [1.54, 1.807) is 23.3 Å². The Balaban J connectivity index is 1.99. The largest absolute Gasteiger partial charge is 0.323 e. The van der Waals surface area contributed by atoms with Gasteiger partial charge >= 0.3 is 0 Å². The van der Waals surface area contributed by atoms with Gasteiger partial charge in [-0.05, 0) is 12.8 Å². The van der Waals surface area contributed by atoms with Gasteiger partial charge in [-0.15, -0.1) is 0 Å². The number of nitrogens with zero attached hydrogens (tertiary/aromatic N) is 3. The maximum Gasteiger partial charge on any atom is 0.271 e. The first-order valence-electron chi connectivity index (χ1n) is 6.74. The fourth-order valence-electron chi connectivity index (χ4n) is 3.21. The molecule has 1 N–H and O–H groups in total. The highest BCUT2D eigenvalue weighted by atomic mass is 16.6. The quantitative estimate of drug-likeness (QED) is 0.675. The lowest BCUT2D eigenvalue weighted by molar-refractivity contribution is -0.384. The van der Waals surface area contributed by atoms with Crippen LogP contribution in [0.4, 0.5) is 11.4 Å². The minimum absolute atomic E-state index is 0.000208. The van der Waals surface area contributed by atoms with E-state index in [1.165, 1.54) is 12.1 Å². The van der Waals surface area contributed by atoms with Gasteiger partial charge in [0.1, 0.15) is 0 Å². The summed E-state index contributed by atoms with van der Waals surface area (Å²) in [6.07, 6.45) is 7.33. The summed E-state index contributed by atoms with van der Waals surface area (Å²) in [7, 11) is 0. The smallest absolute Gasteiger partial charge is 0.271 e. The molecule has 1 saturated carbocycles. The molecule has 1 aliphatic heterocycles. The van der Waals surface area contributed by atoms with Crippen LogP contribution < -0.4 is 5.32 Å². The SMILES string of the molecule is O=C1Nc2c(-n3ccnc3)cc([N+](=O)[O-])cc2C12CCC2. The van der Waals surface area contributed by atoms with E-state index < -0.39 is 10.3 Å². The third-order valence-corrected chi connectivity index (χ3v) is 4.49. The maximum absolute atomic E-state index is 12.3. The molecule has 1 amide bonds. The number of anilines is 1. The van der Waals surface area contributed by atoms with E-state index in [1.807, 2.05) is 0 Å². The zero-order valence-corrected chi connectivity index (χ0v) is 11.1. The van der Waals surface area contributed by atoms with Crippen LogP contribution in [0.25, 0.3) is 5.69 Å². The zero-order chi connectivity index (χ0) is 14.6. The van der Waals surface area contributed by atoms with Crippen molar-refractivity contribution in [1.29, 1.82) is 0 Å². The first-order chi connectivity index (χ1) is 10.1. The van der Waals surface area contributed by atoms with Gasteiger partial charge in [0.05, 0.1) is 28.0 Å². The van der Waals surface area contributed by atoms with Crippen molar-refractivity contribution in [3.8, 4) is 5.69 Å². The first kappa shape index (κ1) is 12.1. The maximum atomic E-state index is 12.3. The van der Waals surface area contributed by atoms with E-state index in [0.717, 1.165) is 24.8 Å². The summed E-state index contributed by atoms with van der Waals surface area (Å²) in [4.78, 5) is 27.1. The molecule has 1 aromatic heterocycles. The Morgan fingerprint density at radius 1 is 1.38 bits per heavy atom. The zero-order valence-electron chi connectivity index (χ0n) is 11.1. The Morgan fingerprint density at radius 3 is 2.76 bits per heavy atom. The molecule has 0 atom stereocenters. The summed E-state index contributed by atoms with van der Waals surface area (Å²) < 4.78 is 1.68. The third-order valence-electron chi connectivity index (χ3n) is 4.49. The van der Waals surface area contributed by atoms with Crippen LogP contribution >= 0.6 is 0 Å². The molecule has 0 saturated heterocycles. The molecule has 1 spiro atoms. The molecule has 7 nitrogen and oxygen atoms in total. The summed E-state index contributed by atoms with van der Waals surface area (Å²) in [5, 5.41) is 14.1. The monoisotopic (exact) mass is 284 g/mol. The highest BCUT2D eigenvalue weighted by molar-refractivity contribution is 6.09. The van der Waals surface area contributed by atoms with Crippen molar-refractivity contribution in [2.24, 2.45) is 0 Å². The number of imidazole rings is 1. The molecular weight excluding hydrogens is 272 g/mol. The molecule has 1 aromatic carbocycles. The molecule has 7 heteroatoms. The highest BCUT2D eigenvalue weighted by Crippen LogP contribution is 2.53. The van der Waals surface area contributed by atoms with E-state index in [2.05, 4.69) is 10.3 Å². The number of hydrogen-bond acceptors (Lipinski definition) is 4. The fraction of sp³-hybridized carbons (Fsp3) is 0.286. The number of fused-ring (bicyclic) bond motifs is 2. The molecule has 2 aliphatic rings. The Kier molecular flexibility index (Phi) is 2.25. The average molecular weight is 284 g/mol. The normalized spacial score (nSPS) is 18.2. The molecule has 0 bridgehead atoms. The number of aromatic nitrogens is 2. The number of non-ortho nitro benzene ring substituents is 1. The van der Waals surface area contributed by atoms with E-state index in [9.17, 15) is 14.9 Å². The van der Waals surface area contributed by atoms with Crippen molar-refractivity contribution in [1.82, 2.24) is 9.55 Å². The van der Waals surface area contributed by atoms with Crippen molar-refractivity contribution < 1.29 is 9.72 Å². The number of carbonyl (C=O) groups excluding carboxylic acids is 1. The van der Waals surface area contributed by atoms with Gasteiger partial charge in [-0.1, -0.05) is 6.42 Å². The minimum atomic E-state index is -0.573. The molecule has 2 aromatic rings. The second-order valence-electron chi connectivity index (χ2n) is 5.50. The van der Waals surface area contributed by atoms with Crippen molar-refractivity contribution in [3.63, 3.8) is 0 Å². The van der Waals surface area contributed by atoms with Gasteiger partial charge in [0.25, 0.3) is 5.69 Å². The van der Waals surface area contributed by atoms with Gasteiger partial charge < -0.3 is 9.88 Å². The van der Waals surface area contributed by atoms with Crippen molar-refractivity contribution in [3.05, 3.63) is 46.5 Å². The van der Waals surface area contributed by atoms with Crippen LogP contribution in [0.5, 0.6) is 0 Å². The average Bonchev–Trinajstić information content (AvgIpc) is 3.00. The van der Waals surface area contributed by atoms with Crippen LogP contribution in [0, 0.1) is 10.1 Å². The molecule has 21 heavy (non-hydrogen) atoms. The number of benzene rings is 1. The lowest BCUT2D eigenvalue weighted by atomic mass is 9.65. The summed E-state index contributed by atoms with van der Waals surface area (Å²) in [6, 6.07) is 3.01. The number of carbonyl (C=O) groups is 1. The molecule has 0 unspecified atom stereocenters. The predicted octanol–water partition coefficient (Wildman–Crippen LogP) is 2.15. The topological polar surface area (TPSA) is 90.1 Å². The van der Waals surface area contributed by atoms with Crippen LogP contribution in [-0.2, 0) is 10.2 Å². The predicted molar refractivity (Wildman–Crippen MR) is 74.4 cm³/mol. The van der Waals surface area contributed by atoms with Gasteiger partial charge in [-0.2, -0.15) is 0 Å². The van der Waals surface area contributed by atoms with Crippen LogP contribution in [0.2, 0.25) is 0 Å². The number of rotatable bonds is 2. The molecule has 0 radical (unpaired) electrons. The van der Waals surface area contributed by atoms with Crippen molar-refractivity contribution in [2.75, 3.05) is 5.32 Å². The third kappa shape index (κ3) is 1.48. The number of nitrogens with one attached hydrogen (secondary N) is 1. The van der Waals surface area contributed by atoms with Crippen molar-refractivity contribution in [2.45, 2.75) is 24.7 Å². The second kappa shape index (κ2) is 3.91. The van der Waals surface area contributed by atoms with E-state index in [-0.39, 0.29) is 11.6 Å².